The van der Waals surface area contributed by atoms with Crippen molar-refractivity contribution in [2.24, 2.45) is 0 Å². The monoisotopic (exact) mass is 278 g/mol. The number of aryl methyl sites for hydroxylation is 1. The van der Waals surface area contributed by atoms with Crippen LogP contribution in [0.5, 0.6) is 0 Å². The molecule has 1 N–H and O–H groups in total. The maximum absolute atomic E-state index is 6.01. The second-order valence-corrected chi connectivity index (χ2v) is 6.16. The Bertz CT molecular complexity index is 392. The molecular weight excluding hydrogens is 248 g/mol. The minimum atomic E-state index is 0.736. The summed E-state index contributed by atoms with van der Waals surface area (Å²) in [5, 5.41) is 3.34. The van der Waals surface area contributed by atoms with E-state index in [-0.39, 0.29) is 0 Å². The van der Waals surface area contributed by atoms with E-state index in [1.807, 2.05) is 0 Å². The molecule has 1 aromatic rings. The molecule has 1 aliphatic rings. The molecule has 1 heterocycles. The molecule has 1 saturated carbocycles. The molecule has 0 aliphatic heterocycles. The highest BCUT2D eigenvalue weighted by atomic mass is 16.3. The summed E-state index contributed by atoms with van der Waals surface area (Å²) in [6, 6.07) is 2.94. The van der Waals surface area contributed by atoms with Crippen molar-refractivity contribution in [3.8, 4) is 0 Å². The van der Waals surface area contributed by atoms with Gasteiger partial charge in [-0.1, -0.05) is 32.6 Å². The Hall–Kier alpha value is -0.800. The van der Waals surface area contributed by atoms with Gasteiger partial charge in [0.05, 0.1) is 13.1 Å². The molecule has 0 aromatic carbocycles. The second-order valence-electron chi connectivity index (χ2n) is 6.16. The van der Waals surface area contributed by atoms with Gasteiger partial charge in [0.1, 0.15) is 11.5 Å². The number of hydrogen-bond donors (Lipinski definition) is 1. The summed E-state index contributed by atoms with van der Waals surface area (Å²) in [7, 11) is 2.25. The van der Waals surface area contributed by atoms with Gasteiger partial charge < -0.3 is 9.73 Å². The average Bonchev–Trinajstić information content (AvgIpc) is 2.66. The molecule has 3 heteroatoms. The van der Waals surface area contributed by atoms with E-state index in [0.717, 1.165) is 37.2 Å². The first-order chi connectivity index (χ1) is 9.70. The fourth-order valence-electron chi connectivity index (χ4n) is 3.16. The standard InChI is InChI=1S/C17H30N2O/c1-4-18-12-17-14(2)11-16(20-17)13-19(3)15-9-7-5-6-8-10-15/h11,15,18H,4-10,12-13H2,1-3H3. The average molecular weight is 278 g/mol. The predicted octanol–water partition coefficient (Wildman–Crippen LogP) is 3.85. The van der Waals surface area contributed by atoms with Crippen LogP contribution in [0.15, 0.2) is 10.5 Å². The van der Waals surface area contributed by atoms with Crippen LogP contribution in [0.1, 0.15) is 62.5 Å². The molecule has 1 fully saturated rings. The van der Waals surface area contributed by atoms with Gasteiger partial charge in [-0.3, -0.25) is 4.90 Å². The van der Waals surface area contributed by atoms with Crippen LogP contribution >= 0.6 is 0 Å². The van der Waals surface area contributed by atoms with E-state index in [0.29, 0.717) is 0 Å². The van der Waals surface area contributed by atoms with Crippen molar-refractivity contribution < 1.29 is 4.42 Å². The lowest BCUT2D eigenvalue weighted by Gasteiger charge is -2.26. The van der Waals surface area contributed by atoms with Gasteiger partial charge in [-0.2, -0.15) is 0 Å². The zero-order chi connectivity index (χ0) is 14.4. The zero-order valence-corrected chi connectivity index (χ0v) is 13.4. The Morgan fingerprint density at radius 1 is 1.25 bits per heavy atom. The Kier molecular flexibility index (Phi) is 6.11. The molecule has 0 spiro atoms. The second kappa shape index (κ2) is 7.84. The molecule has 1 aromatic heterocycles. The van der Waals surface area contributed by atoms with Gasteiger partial charge in [-0.15, -0.1) is 0 Å². The van der Waals surface area contributed by atoms with Crippen LogP contribution in [0.25, 0.3) is 0 Å². The van der Waals surface area contributed by atoms with Gasteiger partial charge in [-0.05, 0) is 45.0 Å². The van der Waals surface area contributed by atoms with Gasteiger partial charge in [0.15, 0.2) is 0 Å². The highest BCUT2D eigenvalue weighted by molar-refractivity contribution is 5.20. The lowest BCUT2D eigenvalue weighted by molar-refractivity contribution is 0.196. The summed E-state index contributed by atoms with van der Waals surface area (Å²) in [4.78, 5) is 2.49. The summed E-state index contributed by atoms with van der Waals surface area (Å²) in [6.07, 6.45) is 8.30. The number of hydrogen-bond acceptors (Lipinski definition) is 3. The molecule has 0 amide bonds. The topological polar surface area (TPSA) is 28.4 Å². The van der Waals surface area contributed by atoms with Crippen LogP contribution in [0, 0.1) is 6.92 Å². The molecule has 1 aliphatic carbocycles. The Balaban J connectivity index is 1.91. The third-order valence-electron chi connectivity index (χ3n) is 4.46. The van der Waals surface area contributed by atoms with E-state index in [1.54, 1.807) is 0 Å². The third-order valence-corrected chi connectivity index (χ3v) is 4.46. The first-order valence-corrected chi connectivity index (χ1v) is 8.20. The number of nitrogens with zero attached hydrogens (tertiary/aromatic N) is 1. The van der Waals surface area contributed by atoms with Crippen LogP contribution in [0.3, 0.4) is 0 Å². The van der Waals surface area contributed by atoms with Crippen LogP contribution in [0.4, 0.5) is 0 Å². The van der Waals surface area contributed by atoms with Crippen LogP contribution in [-0.2, 0) is 13.1 Å². The van der Waals surface area contributed by atoms with Crippen LogP contribution in [-0.4, -0.2) is 24.5 Å². The SMILES string of the molecule is CCNCc1oc(CN(C)C2CCCCCC2)cc1C. The maximum Gasteiger partial charge on any atom is 0.120 e. The van der Waals surface area contributed by atoms with E-state index in [1.165, 1.54) is 44.1 Å². The Morgan fingerprint density at radius 3 is 2.60 bits per heavy atom. The zero-order valence-electron chi connectivity index (χ0n) is 13.4. The number of nitrogens with one attached hydrogen (secondary N) is 1. The normalized spacial score (nSPS) is 17.6. The van der Waals surface area contributed by atoms with E-state index >= 15 is 0 Å². The minimum Gasteiger partial charge on any atom is -0.463 e. The van der Waals surface area contributed by atoms with Gasteiger partial charge in [0, 0.05) is 6.04 Å². The van der Waals surface area contributed by atoms with Crippen molar-refractivity contribution in [2.75, 3.05) is 13.6 Å². The Morgan fingerprint density at radius 2 is 1.95 bits per heavy atom. The van der Waals surface area contributed by atoms with Crippen molar-refractivity contribution in [1.82, 2.24) is 10.2 Å². The maximum atomic E-state index is 6.01. The molecule has 0 atom stereocenters. The van der Waals surface area contributed by atoms with Crippen molar-refractivity contribution in [2.45, 2.75) is 71.5 Å². The molecule has 114 valence electrons. The summed E-state index contributed by atoms with van der Waals surface area (Å²) in [6.45, 7) is 7.04. The van der Waals surface area contributed by atoms with Gasteiger partial charge >= 0.3 is 0 Å². The summed E-state index contributed by atoms with van der Waals surface area (Å²) < 4.78 is 6.01. The van der Waals surface area contributed by atoms with E-state index in [4.69, 9.17) is 4.42 Å². The van der Waals surface area contributed by atoms with Crippen molar-refractivity contribution in [3.63, 3.8) is 0 Å². The minimum absolute atomic E-state index is 0.736. The van der Waals surface area contributed by atoms with E-state index < -0.39 is 0 Å². The molecular formula is C17H30N2O. The molecule has 20 heavy (non-hydrogen) atoms. The molecule has 0 saturated heterocycles. The van der Waals surface area contributed by atoms with Gasteiger partial charge in [0.2, 0.25) is 0 Å². The first kappa shape index (κ1) is 15.6. The third kappa shape index (κ3) is 4.35. The van der Waals surface area contributed by atoms with Crippen molar-refractivity contribution >= 4 is 0 Å². The fraction of sp³-hybridized carbons (Fsp3) is 0.765. The summed E-state index contributed by atoms with van der Waals surface area (Å²) in [5.41, 5.74) is 1.27. The lowest BCUT2D eigenvalue weighted by atomic mass is 10.1. The smallest absolute Gasteiger partial charge is 0.120 e. The van der Waals surface area contributed by atoms with Crippen molar-refractivity contribution in [1.29, 1.82) is 0 Å². The molecule has 3 nitrogen and oxygen atoms in total. The molecule has 0 unspecified atom stereocenters. The predicted molar refractivity (Wildman–Crippen MR) is 83.8 cm³/mol. The van der Waals surface area contributed by atoms with Crippen LogP contribution in [0.2, 0.25) is 0 Å². The quantitative estimate of drug-likeness (QED) is 0.801. The summed E-state index contributed by atoms with van der Waals surface area (Å²) >= 11 is 0. The molecule has 0 radical (unpaired) electrons. The highest BCUT2D eigenvalue weighted by Gasteiger charge is 2.18. The molecule has 0 bridgehead atoms. The Labute approximate surface area is 123 Å². The summed E-state index contributed by atoms with van der Waals surface area (Å²) in [5.74, 6) is 2.21. The first-order valence-electron chi connectivity index (χ1n) is 8.20. The highest BCUT2D eigenvalue weighted by Crippen LogP contribution is 2.23. The van der Waals surface area contributed by atoms with E-state index in [2.05, 4.69) is 37.2 Å². The van der Waals surface area contributed by atoms with Gasteiger partial charge in [0.25, 0.3) is 0 Å². The lowest BCUT2D eigenvalue weighted by Crippen LogP contribution is -2.30. The van der Waals surface area contributed by atoms with E-state index in [9.17, 15) is 0 Å². The van der Waals surface area contributed by atoms with Crippen LogP contribution < -0.4 is 5.32 Å². The van der Waals surface area contributed by atoms with Crippen molar-refractivity contribution in [3.05, 3.63) is 23.2 Å². The molecule has 2 rings (SSSR count). The van der Waals surface area contributed by atoms with Gasteiger partial charge in [-0.25, -0.2) is 0 Å². The number of rotatable bonds is 6. The number of furan rings is 1. The fourth-order valence-corrected chi connectivity index (χ4v) is 3.16. The largest absolute Gasteiger partial charge is 0.463 e.